The number of carbonyl (C=O) groups is 1. The van der Waals surface area contributed by atoms with Crippen LogP contribution in [0.3, 0.4) is 0 Å². The van der Waals surface area contributed by atoms with Crippen LogP contribution < -0.4 is 11.3 Å². The fourth-order valence-electron chi connectivity index (χ4n) is 2.00. The molecule has 2 atom stereocenters. The van der Waals surface area contributed by atoms with Gasteiger partial charge in [0.2, 0.25) is 0 Å². The molecule has 0 bridgehead atoms. The van der Waals surface area contributed by atoms with Gasteiger partial charge < -0.3 is 10.3 Å². The van der Waals surface area contributed by atoms with Crippen molar-refractivity contribution in [3.63, 3.8) is 0 Å². The number of amides is 1. The summed E-state index contributed by atoms with van der Waals surface area (Å²) in [4.78, 5) is 22.0. The van der Waals surface area contributed by atoms with Gasteiger partial charge in [-0.15, -0.1) is 0 Å². The molecular weight excluding hydrogens is 218 g/mol. The van der Waals surface area contributed by atoms with Gasteiger partial charge >= 0.3 is 0 Å². The Kier molecular flexibility index (Phi) is 3.23. The molecule has 1 fully saturated rings. The summed E-state index contributed by atoms with van der Waals surface area (Å²) >= 11 is 0. The number of carbonyl (C=O) groups excluding carboxylic acids is 1. The van der Waals surface area contributed by atoms with Crippen molar-refractivity contribution in [3.05, 3.63) is 18.1 Å². The molecule has 6 heteroatoms. The number of hydrogen-bond donors (Lipinski definition) is 2. The van der Waals surface area contributed by atoms with Gasteiger partial charge in [0.25, 0.3) is 5.91 Å². The Balaban J connectivity index is 2.14. The molecule has 0 aliphatic carbocycles. The predicted octanol–water partition coefficient (Wildman–Crippen LogP) is 0.490. The first-order valence-electron chi connectivity index (χ1n) is 5.69. The Morgan fingerprint density at radius 2 is 2.06 bits per heavy atom. The lowest BCUT2D eigenvalue weighted by atomic mass is 10.0. The standard InChI is InChI=1S/C11H17N5O/c1-7-5-16(6-8(7)2)11(17)9-3-13-4-10(14-9)15-12/h3-4,7-8H,5-6,12H2,1-2H3,(H,14,15). The summed E-state index contributed by atoms with van der Waals surface area (Å²) in [6.45, 7) is 5.87. The van der Waals surface area contributed by atoms with Crippen LogP contribution >= 0.6 is 0 Å². The minimum Gasteiger partial charge on any atom is -0.337 e. The van der Waals surface area contributed by atoms with E-state index in [1.54, 1.807) is 0 Å². The lowest BCUT2D eigenvalue weighted by molar-refractivity contribution is 0.0779. The molecule has 1 aromatic heterocycles. The van der Waals surface area contributed by atoms with Gasteiger partial charge in [0.1, 0.15) is 5.69 Å². The molecular formula is C11H17N5O. The quantitative estimate of drug-likeness (QED) is 0.575. The molecule has 6 nitrogen and oxygen atoms in total. The van der Waals surface area contributed by atoms with Crippen molar-refractivity contribution in [1.82, 2.24) is 14.9 Å². The van der Waals surface area contributed by atoms with Gasteiger partial charge in [-0.05, 0) is 11.8 Å². The average molecular weight is 235 g/mol. The lowest BCUT2D eigenvalue weighted by Gasteiger charge is -2.15. The molecule has 1 aliphatic heterocycles. The Bertz CT molecular complexity index is 412. The summed E-state index contributed by atoms with van der Waals surface area (Å²) < 4.78 is 0. The Labute approximate surface area is 100 Å². The van der Waals surface area contributed by atoms with Crippen LogP contribution in [-0.4, -0.2) is 33.9 Å². The summed E-state index contributed by atoms with van der Waals surface area (Å²) in [6.07, 6.45) is 2.95. The molecule has 1 saturated heterocycles. The Morgan fingerprint density at radius 3 is 2.65 bits per heavy atom. The van der Waals surface area contributed by atoms with E-state index in [4.69, 9.17) is 5.84 Å². The highest BCUT2D eigenvalue weighted by atomic mass is 16.2. The van der Waals surface area contributed by atoms with Crippen LogP contribution in [0.5, 0.6) is 0 Å². The zero-order valence-electron chi connectivity index (χ0n) is 10.1. The molecule has 0 spiro atoms. The van der Waals surface area contributed by atoms with Crippen LogP contribution in [0.15, 0.2) is 12.4 Å². The van der Waals surface area contributed by atoms with Crippen LogP contribution in [0.25, 0.3) is 0 Å². The van der Waals surface area contributed by atoms with Crippen LogP contribution in [-0.2, 0) is 0 Å². The topological polar surface area (TPSA) is 84.1 Å². The van der Waals surface area contributed by atoms with E-state index in [2.05, 4.69) is 29.2 Å². The van der Waals surface area contributed by atoms with Crippen LogP contribution in [0.1, 0.15) is 24.3 Å². The minimum atomic E-state index is -0.0780. The minimum absolute atomic E-state index is 0.0780. The van der Waals surface area contributed by atoms with Crippen LogP contribution in [0, 0.1) is 11.8 Å². The monoisotopic (exact) mass is 235 g/mol. The molecule has 2 unspecified atom stereocenters. The van der Waals surface area contributed by atoms with E-state index < -0.39 is 0 Å². The molecule has 0 radical (unpaired) electrons. The maximum absolute atomic E-state index is 12.2. The van der Waals surface area contributed by atoms with Gasteiger partial charge in [-0.25, -0.2) is 10.8 Å². The average Bonchev–Trinajstić information content (AvgIpc) is 2.69. The molecule has 3 N–H and O–H groups in total. The van der Waals surface area contributed by atoms with Crippen molar-refractivity contribution in [3.8, 4) is 0 Å². The molecule has 17 heavy (non-hydrogen) atoms. The van der Waals surface area contributed by atoms with Gasteiger partial charge in [-0.2, -0.15) is 0 Å². The molecule has 2 heterocycles. The molecule has 92 valence electrons. The number of hydrazine groups is 1. The maximum atomic E-state index is 12.2. The fourth-order valence-corrected chi connectivity index (χ4v) is 2.00. The van der Waals surface area contributed by atoms with E-state index in [1.165, 1.54) is 12.4 Å². The summed E-state index contributed by atoms with van der Waals surface area (Å²) in [7, 11) is 0. The molecule has 1 aliphatic rings. The summed E-state index contributed by atoms with van der Waals surface area (Å²) in [5.74, 6) is 6.62. The number of nitrogens with zero attached hydrogens (tertiary/aromatic N) is 3. The number of nitrogens with two attached hydrogens (primary N) is 1. The van der Waals surface area contributed by atoms with E-state index in [-0.39, 0.29) is 5.91 Å². The second kappa shape index (κ2) is 4.67. The van der Waals surface area contributed by atoms with Crippen LogP contribution in [0.4, 0.5) is 5.82 Å². The van der Waals surface area contributed by atoms with Crippen LogP contribution in [0.2, 0.25) is 0 Å². The first-order chi connectivity index (χ1) is 8.11. The summed E-state index contributed by atoms with van der Waals surface area (Å²) in [5, 5.41) is 0. The van der Waals surface area contributed by atoms with Crippen molar-refractivity contribution in [2.45, 2.75) is 13.8 Å². The van der Waals surface area contributed by atoms with E-state index >= 15 is 0 Å². The third-order valence-electron chi connectivity index (χ3n) is 3.28. The molecule has 0 saturated carbocycles. The second-order valence-electron chi connectivity index (χ2n) is 4.60. The van der Waals surface area contributed by atoms with Gasteiger partial charge in [-0.3, -0.25) is 9.78 Å². The smallest absolute Gasteiger partial charge is 0.274 e. The Morgan fingerprint density at radius 1 is 1.41 bits per heavy atom. The number of nitrogen functional groups attached to an aromatic ring is 1. The zero-order chi connectivity index (χ0) is 12.4. The van der Waals surface area contributed by atoms with E-state index in [0.717, 1.165) is 13.1 Å². The summed E-state index contributed by atoms with van der Waals surface area (Å²) in [5.41, 5.74) is 2.72. The zero-order valence-corrected chi connectivity index (χ0v) is 10.1. The van der Waals surface area contributed by atoms with Gasteiger partial charge in [0.05, 0.1) is 12.4 Å². The number of likely N-dealkylation sites (tertiary alicyclic amines) is 1. The fraction of sp³-hybridized carbons (Fsp3) is 0.545. The SMILES string of the molecule is CC1CN(C(=O)c2cncc(NN)n2)CC1C. The van der Waals surface area contributed by atoms with Crippen molar-refractivity contribution in [1.29, 1.82) is 0 Å². The number of hydrogen-bond acceptors (Lipinski definition) is 5. The van der Waals surface area contributed by atoms with Crippen molar-refractivity contribution in [2.75, 3.05) is 18.5 Å². The van der Waals surface area contributed by atoms with Crippen molar-refractivity contribution < 1.29 is 4.79 Å². The molecule has 2 rings (SSSR count). The van der Waals surface area contributed by atoms with E-state index in [9.17, 15) is 4.79 Å². The normalized spacial score (nSPS) is 23.8. The first-order valence-corrected chi connectivity index (χ1v) is 5.69. The van der Waals surface area contributed by atoms with E-state index in [0.29, 0.717) is 23.3 Å². The highest BCUT2D eigenvalue weighted by molar-refractivity contribution is 5.92. The number of aromatic nitrogens is 2. The lowest BCUT2D eigenvalue weighted by Crippen LogP contribution is -2.30. The first kappa shape index (κ1) is 11.8. The van der Waals surface area contributed by atoms with Crippen molar-refractivity contribution >= 4 is 11.7 Å². The molecule has 1 aromatic rings. The number of anilines is 1. The third kappa shape index (κ3) is 2.36. The summed E-state index contributed by atoms with van der Waals surface area (Å²) in [6, 6.07) is 0. The highest BCUT2D eigenvalue weighted by Gasteiger charge is 2.30. The Hall–Kier alpha value is -1.69. The van der Waals surface area contributed by atoms with E-state index in [1.807, 2.05) is 4.90 Å². The second-order valence-corrected chi connectivity index (χ2v) is 4.60. The maximum Gasteiger partial charge on any atom is 0.274 e. The number of nitrogens with one attached hydrogen (secondary N) is 1. The highest BCUT2D eigenvalue weighted by Crippen LogP contribution is 2.23. The molecule has 0 aromatic carbocycles. The molecule has 1 amide bonds. The van der Waals surface area contributed by atoms with Gasteiger partial charge in [0, 0.05) is 13.1 Å². The van der Waals surface area contributed by atoms with Gasteiger partial charge in [-0.1, -0.05) is 13.8 Å². The third-order valence-corrected chi connectivity index (χ3v) is 3.28. The number of rotatable bonds is 2. The van der Waals surface area contributed by atoms with Crippen molar-refractivity contribution in [2.24, 2.45) is 17.7 Å². The van der Waals surface area contributed by atoms with Gasteiger partial charge in [0.15, 0.2) is 5.82 Å². The largest absolute Gasteiger partial charge is 0.337 e. The predicted molar refractivity (Wildman–Crippen MR) is 64.1 cm³/mol.